The summed E-state index contributed by atoms with van der Waals surface area (Å²) in [7, 11) is 1.57. The Bertz CT molecular complexity index is 1070. The molecular weight excluding hydrogens is 462 g/mol. The van der Waals surface area contributed by atoms with Gasteiger partial charge in [0.05, 0.1) is 23.8 Å². The van der Waals surface area contributed by atoms with Gasteiger partial charge in [0.25, 0.3) is 5.91 Å². The number of benzene rings is 3. The van der Waals surface area contributed by atoms with Gasteiger partial charge in [-0.2, -0.15) is 0 Å². The molecule has 0 aliphatic rings. The smallest absolute Gasteiger partial charge is 0.338 e. The lowest BCUT2D eigenvalue weighted by atomic mass is 10.1. The van der Waals surface area contributed by atoms with Crippen molar-refractivity contribution in [1.82, 2.24) is 0 Å². The van der Waals surface area contributed by atoms with E-state index in [1.165, 1.54) is 0 Å². The van der Waals surface area contributed by atoms with Crippen LogP contribution in [-0.4, -0.2) is 25.6 Å². The Labute approximate surface area is 189 Å². The molecule has 0 radical (unpaired) electrons. The third-order valence-electron chi connectivity index (χ3n) is 4.42. The van der Waals surface area contributed by atoms with Gasteiger partial charge in [-0.15, -0.1) is 0 Å². The molecule has 0 fully saturated rings. The van der Waals surface area contributed by atoms with Crippen molar-refractivity contribution >= 4 is 33.5 Å². The summed E-state index contributed by atoms with van der Waals surface area (Å²) in [5.41, 5.74) is 2.19. The van der Waals surface area contributed by atoms with E-state index >= 15 is 0 Å². The Morgan fingerprint density at radius 1 is 0.935 bits per heavy atom. The quantitative estimate of drug-likeness (QED) is 0.430. The van der Waals surface area contributed by atoms with Crippen LogP contribution in [0.3, 0.4) is 0 Å². The Hall–Kier alpha value is -3.32. The number of esters is 1. The number of anilines is 1. The highest BCUT2D eigenvalue weighted by Gasteiger charge is 2.13. The SMILES string of the molecule is CCOC(=O)c1ccc(NC(=O)c2ccc(OC)c(COc3ccccc3Br)c2)cc1. The molecule has 3 aromatic carbocycles. The van der Waals surface area contributed by atoms with Crippen LogP contribution in [0.15, 0.2) is 71.2 Å². The number of ether oxygens (including phenoxy) is 3. The van der Waals surface area contributed by atoms with Gasteiger partial charge in [-0.05, 0) is 77.5 Å². The highest BCUT2D eigenvalue weighted by atomic mass is 79.9. The van der Waals surface area contributed by atoms with Crippen molar-refractivity contribution in [3.05, 3.63) is 87.9 Å². The maximum absolute atomic E-state index is 12.7. The standard InChI is InChI=1S/C24H22BrNO5/c1-3-30-24(28)16-8-11-19(12-9-16)26-23(27)17-10-13-21(29-2)18(14-17)15-31-22-7-5-4-6-20(22)25/h4-14H,3,15H2,1-2H3,(H,26,27). The van der Waals surface area contributed by atoms with Crippen molar-refractivity contribution in [2.75, 3.05) is 19.0 Å². The van der Waals surface area contributed by atoms with Gasteiger partial charge in [0.15, 0.2) is 0 Å². The summed E-state index contributed by atoms with van der Waals surface area (Å²) in [4.78, 5) is 24.5. The first-order valence-electron chi connectivity index (χ1n) is 9.64. The highest BCUT2D eigenvalue weighted by molar-refractivity contribution is 9.10. The zero-order chi connectivity index (χ0) is 22.2. The summed E-state index contributed by atoms with van der Waals surface area (Å²) in [6, 6.07) is 19.2. The summed E-state index contributed by atoms with van der Waals surface area (Å²) >= 11 is 3.45. The third-order valence-corrected chi connectivity index (χ3v) is 5.07. The van der Waals surface area contributed by atoms with Crippen molar-refractivity contribution in [2.45, 2.75) is 13.5 Å². The van der Waals surface area contributed by atoms with Crippen LogP contribution in [0.2, 0.25) is 0 Å². The second-order valence-electron chi connectivity index (χ2n) is 6.50. The van der Waals surface area contributed by atoms with Crippen molar-refractivity contribution in [2.24, 2.45) is 0 Å². The number of para-hydroxylation sites is 1. The monoisotopic (exact) mass is 483 g/mol. The fourth-order valence-electron chi connectivity index (χ4n) is 2.86. The first kappa shape index (κ1) is 22.4. The molecule has 6 nitrogen and oxygen atoms in total. The Balaban J connectivity index is 1.72. The highest BCUT2D eigenvalue weighted by Crippen LogP contribution is 2.27. The van der Waals surface area contributed by atoms with Crippen LogP contribution in [0.4, 0.5) is 5.69 Å². The fraction of sp³-hybridized carbons (Fsp3) is 0.167. The van der Waals surface area contributed by atoms with Crippen LogP contribution in [0.1, 0.15) is 33.2 Å². The van der Waals surface area contributed by atoms with Gasteiger partial charge in [-0.25, -0.2) is 4.79 Å². The van der Waals surface area contributed by atoms with E-state index in [9.17, 15) is 9.59 Å². The van der Waals surface area contributed by atoms with Gasteiger partial charge in [0.1, 0.15) is 18.1 Å². The third kappa shape index (κ3) is 5.86. The lowest BCUT2D eigenvalue weighted by molar-refractivity contribution is 0.0526. The molecule has 3 aromatic rings. The molecule has 1 N–H and O–H groups in total. The molecule has 0 saturated carbocycles. The van der Waals surface area contributed by atoms with Crippen molar-refractivity contribution < 1.29 is 23.8 Å². The fourth-order valence-corrected chi connectivity index (χ4v) is 3.26. The van der Waals surface area contributed by atoms with Crippen molar-refractivity contribution in [3.8, 4) is 11.5 Å². The van der Waals surface area contributed by atoms with Crippen molar-refractivity contribution in [1.29, 1.82) is 0 Å². The minimum absolute atomic E-state index is 0.237. The topological polar surface area (TPSA) is 73.9 Å². The van der Waals surface area contributed by atoms with E-state index in [2.05, 4.69) is 21.2 Å². The minimum Gasteiger partial charge on any atom is -0.496 e. The summed E-state index contributed by atoms with van der Waals surface area (Å²) in [6.45, 7) is 2.29. The summed E-state index contributed by atoms with van der Waals surface area (Å²) < 4.78 is 17.1. The second-order valence-corrected chi connectivity index (χ2v) is 7.35. The largest absolute Gasteiger partial charge is 0.496 e. The zero-order valence-corrected chi connectivity index (χ0v) is 18.8. The van der Waals surface area contributed by atoms with Crippen LogP contribution in [0.5, 0.6) is 11.5 Å². The maximum Gasteiger partial charge on any atom is 0.338 e. The normalized spacial score (nSPS) is 10.3. The molecule has 0 aliphatic heterocycles. The molecule has 1 amide bonds. The number of halogens is 1. The predicted octanol–water partition coefficient (Wildman–Crippen LogP) is 5.47. The molecule has 7 heteroatoms. The lowest BCUT2D eigenvalue weighted by Crippen LogP contribution is -2.13. The zero-order valence-electron chi connectivity index (χ0n) is 17.2. The summed E-state index contributed by atoms with van der Waals surface area (Å²) in [5.74, 6) is 0.641. The van der Waals surface area contributed by atoms with Gasteiger partial charge >= 0.3 is 5.97 Å². The van der Waals surface area contributed by atoms with E-state index in [1.54, 1.807) is 56.5 Å². The first-order valence-corrected chi connectivity index (χ1v) is 10.4. The van der Waals surface area contributed by atoms with E-state index in [1.807, 2.05) is 24.3 Å². The van der Waals surface area contributed by atoms with Crippen LogP contribution < -0.4 is 14.8 Å². The number of hydrogen-bond acceptors (Lipinski definition) is 5. The van der Waals surface area contributed by atoms with Crippen LogP contribution in [0.25, 0.3) is 0 Å². The average molecular weight is 484 g/mol. The number of amides is 1. The molecule has 0 aliphatic carbocycles. The molecule has 0 saturated heterocycles. The second kappa shape index (κ2) is 10.6. The Morgan fingerprint density at radius 2 is 1.65 bits per heavy atom. The number of carbonyl (C=O) groups is 2. The van der Waals surface area contributed by atoms with E-state index in [0.717, 1.165) is 10.0 Å². The number of carbonyl (C=O) groups excluding carboxylic acids is 2. The van der Waals surface area contributed by atoms with E-state index in [0.29, 0.717) is 34.9 Å². The minimum atomic E-state index is -0.398. The molecule has 0 aromatic heterocycles. The van der Waals surface area contributed by atoms with Gasteiger partial charge < -0.3 is 19.5 Å². The molecule has 0 heterocycles. The number of methoxy groups -OCH3 is 1. The molecule has 160 valence electrons. The molecule has 3 rings (SSSR count). The summed E-state index contributed by atoms with van der Waals surface area (Å²) in [5, 5.41) is 2.82. The molecule has 0 unspecified atom stereocenters. The Morgan fingerprint density at radius 3 is 2.32 bits per heavy atom. The van der Waals surface area contributed by atoms with E-state index in [4.69, 9.17) is 14.2 Å². The Kier molecular flexibility index (Phi) is 7.67. The van der Waals surface area contributed by atoms with Gasteiger partial charge in [0.2, 0.25) is 0 Å². The van der Waals surface area contributed by atoms with E-state index in [-0.39, 0.29) is 12.5 Å². The van der Waals surface area contributed by atoms with E-state index < -0.39 is 5.97 Å². The molecule has 0 bridgehead atoms. The van der Waals surface area contributed by atoms with Gasteiger partial charge in [0, 0.05) is 16.8 Å². The maximum atomic E-state index is 12.7. The predicted molar refractivity (Wildman–Crippen MR) is 122 cm³/mol. The molecule has 0 spiro atoms. The van der Waals surface area contributed by atoms with Crippen molar-refractivity contribution in [3.63, 3.8) is 0 Å². The summed E-state index contributed by atoms with van der Waals surface area (Å²) in [6.07, 6.45) is 0. The van der Waals surface area contributed by atoms with Crippen LogP contribution in [0, 0.1) is 0 Å². The molecule has 0 atom stereocenters. The average Bonchev–Trinajstić information content (AvgIpc) is 2.79. The van der Waals surface area contributed by atoms with Crippen LogP contribution in [-0.2, 0) is 11.3 Å². The van der Waals surface area contributed by atoms with Gasteiger partial charge in [-0.1, -0.05) is 12.1 Å². The van der Waals surface area contributed by atoms with Crippen LogP contribution >= 0.6 is 15.9 Å². The first-order chi connectivity index (χ1) is 15.0. The lowest BCUT2D eigenvalue weighted by Gasteiger charge is -2.13. The number of rotatable bonds is 8. The van der Waals surface area contributed by atoms with Gasteiger partial charge in [-0.3, -0.25) is 4.79 Å². The molecular formula is C24H22BrNO5. The number of hydrogen-bond donors (Lipinski definition) is 1. The number of nitrogens with one attached hydrogen (secondary N) is 1. The molecule has 31 heavy (non-hydrogen) atoms.